The number of nitrogens with zero attached hydrogens (tertiary/aromatic N) is 2. The van der Waals surface area contributed by atoms with Gasteiger partial charge in [0.15, 0.2) is 4.97 Å². The first-order chi connectivity index (χ1) is 8.41. The molecule has 6 nitrogen and oxygen atoms in total. The summed E-state index contributed by atoms with van der Waals surface area (Å²) in [6, 6.07) is 0. The summed E-state index contributed by atoms with van der Waals surface area (Å²) < 4.78 is 0. The molecule has 3 unspecified atom stereocenters. The van der Waals surface area contributed by atoms with Gasteiger partial charge in [-0.15, -0.1) is 9.68 Å². The van der Waals surface area contributed by atoms with Crippen molar-refractivity contribution < 1.29 is 29.2 Å². The quantitative estimate of drug-likeness (QED) is 0.661. The van der Waals surface area contributed by atoms with Gasteiger partial charge in [0.2, 0.25) is 0 Å². The molecule has 0 spiro atoms. The third-order valence-electron chi connectivity index (χ3n) is 3.57. The van der Waals surface area contributed by atoms with Crippen molar-refractivity contribution in [2.45, 2.75) is 46.3 Å². The molecule has 1 aliphatic heterocycles. The van der Waals surface area contributed by atoms with Gasteiger partial charge in [-0.3, -0.25) is 0 Å². The predicted molar refractivity (Wildman–Crippen MR) is 65.7 cm³/mol. The van der Waals surface area contributed by atoms with Crippen LogP contribution < -0.4 is 0 Å². The zero-order valence-electron chi connectivity index (χ0n) is 12.5. The van der Waals surface area contributed by atoms with Gasteiger partial charge >= 0.3 is 6.23 Å². The van der Waals surface area contributed by atoms with Crippen molar-refractivity contribution in [3.8, 4) is 0 Å². The van der Waals surface area contributed by atoms with E-state index in [9.17, 15) is 0 Å². The minimum Gasteiger partial charge on any atom is -0.128 e. The van der Waals surface area contributed by atoms with Crippen molar-refractivity contribution in [2.24, 2.45) is 5.92 Å². The molecule has 0 radical (unpaired) electrons. The van der Waals surface area contributed by atoms with E-state index in [1.165, 1.54) is 27.1 Å². The first-order valence-corrected chi connectivity index (χ1v) is 6.67. The number of hydroxylamine groups is 7. The standard InChI is InChI=1S/C12H28N2O4/c1-7-11(2)9-8-10-13(4)17-12(3)14(15-5,16-6)18-13/h11-12H,7-10H2,1-6H3/q+2. The number of quaternary nitrogens is 2. The Morgan fingerprint density at radius 1 is 1.28 bits per heavy atom. The van der Waals surface area contributed by atoms with Crippen molar-refractivity contribution in [3.05, 3.63) is 0 Å². The molecule has 6 heteroatoms. The van der Waals surface area contributed by atoms with Crippen LogP contribution in [-0.2, 0) is 19.5 Å². The molecule has 1 aliphatic rings. The molecule has 0 amide bonds. The van der Waals surface area contributed by atoms with Crippen LogP contribution in [0.4, 0.5) is 0 Å². The van der Waals surface area contributed by atoms with Crippen LogP contribution in [0.5, 0.6) is 0 Å². The van der Waals surface area contributed by atoms with Crippen LogP contribution in [0.3, 0.4) is 0 Å². The van der Waals surface area contributed by atoms with Crippen molar-refractivity contribution >= 4 is 0 Å². The van der Waals surface area contributed by atoms with Crippen molar-refractivity contribution in [2.75, 3.05) is 27.8 Å². The van der Waals surface area contributed by atoms with E-state index in [1.807, 2.05) is 14.0 Å². The fourth-order valence-corrected chi connectivity index (χ4v) is 2.17. The van der Waals surface area contributed by atoms with E-state index in [1.54, 1.807) is 0 Å². The summed E-state index contributed by atoms with van der Waals surface area (Å²) in [6.07, 6.45) is 3.10. The Kier molecular flexibility index (Phi) is 5.51. The fourth-order valence-electron chi connectivity index (χ4n) is 2.17. The summed E-state index contributed by atoms with van der Waals surface area (Å²) in [7, 11) is 4.96. The second kappa shape index (κ2) is 6.27. The van der Waals surface area contributed by atoms with Gasteiger partial charge in [0, 0.05) is 18.2 Å². The Morgan fingerprint density at radius 2 is 1.89 bits per heavy atom. The Hall–Kier alpha value is -0.240. The van der Waals surface area contributed by atoms with E-state index >= 15 is 0 Å². The van der Waals surface area contributed by atoms with E-state index in [0.29, 0.717) is 0 Å². The molecule has 1 saturated heterocycles. The SMILES string of the molecule is CCC(C)CCC[N+]1(C)OC(C)[N+](OC)(OC)O1. The molecule has 3 atom stereocenters. The fraction of sp³-hybridized carbons (Fsp3) is 1.00. The largest absolute Gasteiger partial charge is 0.346 e. The first kappa shape index (κ1) is 15.8. The summed E-state index contributed by atoms with van der Waals surface area (Å²) in [5, 5.41) is 0. The van der Waals surface area contributed by atoms with Crippen LogP contribution in [0.25, 0.3) is 0 Å². The molecule has 0 aromatic heterocycles. The third kappa shape index (κ3) is 3.40. The van der Waals surface area contributed by atoms with Gasteiger partial charge in [-0.2, -0.15) is 0 Å². The zero-order valence-corrected chi connectivity index (χ0v) is 12.5. The Morgan fingerprint density at radius 3 is 2.33 bits per heavy atom. The van der Waals surface area contributed by atoms with Crippen LogP contribution in [0.1, 0.15) is 40.0 Å². The molecule has 108 valence electrons. The molecular weight excluding hydrogens is 236 g/mol. The smallest absolute Gasteiger partial charge is 0.128 e. The molecule has 0 aromatic carbocycles. The van der Waals surface area contributed by atoms with E-state index in [2.05, 4.69) is 13.8 Å². The molecule has 0 saturated carbocycles. The molecule has 1 heterocycles. The Labute approximate surface area is 110 Å². The summed E-state index contributed by atoms with van der Waals surface area (Å²) in [6.45, 7) is 7.12. The highest BCUT2D eigenvalue weighted by Crippen LogP contribution is 2.32. The van der Waals surface area contributed by atoms with Gasteiger partial charge in [0.1, 0.15) is 32.8 Å². The predicted octanol–water partition coefficient (Wildman–Crippen LogP) is 2.34. The topological polar surface area (TPSA) is 36.9 Å². The lowest BCUT2D eigenvalue weighted by atomic mass is 10.0. The van der Waals surface area contributed by atoms with E-state index in [-0.39, 0.29) is 16.0 Å². The molecule has 1 rings (SSSR count). The highest BCUT2D eigenvalue weighted by Gasteiger charge is 2.62. The second-order valence-corrected chi connectivity index (χ2v) is 5.08. The van der Waals surface area contributed by atoms with Crippen LogP contribution in [-0.4, -0.2) is 43.8 Å². The summed E-state index contributed by atoms with van der Waals surface area (Å²) in [5.41, 5.74) is 0. The van der Waals surface area contributed by atoms with Gasteiger partial charge in [-0.25, -0.2) is 0 Å². The van der Waals surface area contributed by atoms with Gasteiger partial charge < -0.3 is 0 Å². The molecule has 1 fully saturated rings. The molecule has 0 N–H and O–H groups in total. The summed E-state index contributed by atoms with van der Waals surface area (Å²) in [5.74, 6) is 0.737. The lowest BCUT2D eigenvalue weighted by molar-refractivity contribution is -1.47. The molecular formula is C12H28N2O4+2. The monoisotopic (exact) mass is 264 g/mol. The number of hydrogen-bond acceptors (Lipinski definition) is 4. The van der Waals surface area contributed by atoms with Crippen LogP contribution >= 0.6 is 0 Å². The maximum absolute atomic E-state index is 5.80. The Bertz CT molecular complexity index is 260. The maximum Gasteiger partial charge on any atom is 0.346 e. The highest BCUT2D eigenvalue weighted by atomic mass is 17.3. The van der Waals surface area contributed by atoms with E-state index in [4.69, 9.17) is 19.5 Å². The highest BCUT2D eigenvalue weighted by molar-refractivity contribution is 4.48. The van der Waals surface area contributed by atoms with Crippen LogP contribution in [0.15, 0.2) is 0 Å². The van der Waals surface area contributed by atoms with Gasteiger partial charge in [0.25, 0.3) is 0 Å². The maximum atomic E-state index is 5.80. The average Bonchev–Trinajstić information content (AvgIpc) is 2.61. The van der Waals surface area contributed by atoms with Gasteiger partial charge in [-0.1, -0.05) is 25.1 Å². The Balaban J connectivity index is 2.51. The molecule has 18 heavy (non-hydrogen) atoms. The zero-order chi connectivity index (χ0) is 13.8. The van der Waals surface area contributed by atoms with Crippen molar-refractivity contribution in [1.29, 1.82) is 0 Å². The second-order valence-electron chi connectivity index (χ2n) is 5.08. The normalized spacial score (nSPS) is 32.7. The van der Waals surface area contributed by atoms with E-state index < -0.39 is 0 Å². The van der Waals surface area contributed by atoms with Crippen LogP contribution in [0, 0.1) is 5.92 Å². The van der Waals surface area contributed by atoms with E-state index in [0.717, 1.165) is 18.9 Å². The molecule has 0 aromatic rings. The summed E-state index contributed by atoms with van der Waals surface area (Å²) >= 11 is 0. The average molecular weight is 264 g/mol. The van der Waals surface area contributed by atoms with Gasteiger partial charge in [-0.05, 0) is 12.3 Å². The lowest BCUT2D eigenvalue weighted by Crippen LogP contribution is -2.50. The minimum absolute atomic E-state index is 0.0548. The first-order valence-electron chi connectivity index (χ1n) is 6.67. The van der Waals surface area contributed by atoms with Gasteiger partial charge in [0.05, 0.1) is 0 Å². The lowest BCUT2D eigenvalue weighted by Gasteiger charge is -2.21. The van der Waals surface area contributed by atoms with Crippen molar-refractivity contribution in [1.82, 2.24) is 0 Å². The molecule has 0 bridgehead atoms. The van der Waals surface area contributed by atoms with Crippen molar-refractivity contribution in [3.63, 3.8) is 0 Å². The summed E-state index contributed by atoms with van der Waals surface area (Å²) in [4.78, 5) is 21.7. The third-order valence-corrected chi connectivity index (χ3v) is 3.57. The number of rotatable bonds is 7. The number of hydrogen-bond donors (Lipinski definition) is 0. The minimum atomic E-state index is -0.389. The molecule has 0 aliphatic carbocycles. The van der Waals surface area contributed by atoms with Crippen LogP contribution in [0.2, 0.25) is 0 Å².